The summed E-state index contributed by atoms with van der Waals surface area (Å²) in [7, 11) is 0. The van der Waals surface area contributed by atoms with E-state index in [9.17, 15) is 4.55 Å². The van der Waals surface area contributed by atoms with Crippen LogP contribution in [-0.4, -0.2) is 15.1 Å². The Balaban J connectivity index is 2.44. The van der Waals surface area contributed by atoms with Crippen LogP contribution in [0.3, 0.4) is 0 Å². The Labute approximate surface area is 53.7 Å². The zero-order valence-electron chi connectivity index (χ0n) is 5.42. The molecule has 0 spiro atoms. The molecule has 0 aromatic carbocycles. The normalized spacial score (nSPS) is 40.9. The average molecular weight is 133 g/mol. The minimum atomic E-state index is -0.262. The minimum absolute atomic E-state index is 0.262. The summed E-state index contributed by atoms with van der Waals surface area (Å²) in [4.78, 5) is 0. The monoisotopic (exact) mass is 133 g/mol. The fourth-order valence-electron chi connectivity index (χ4n) is 1.11. The molecule has 1 aliphatic rings. The number of hydrogen-bond donors (Lipinski definition) is 1. The Bertz CT molecular complexity index is 74.6. The van der Waals surface area contributed by atoms with Crippen molar-refractivity contribution in [2.75, 3.05) is 0 Å². The SMILES string of the molecule is C[C@@H]1CC[C@@H](C)[S+]1O. The molecule has 1 saturated heterocycles. The summed E-state index contributed by atoms with van der Waals surface area (Å²) in [6, 6.07) is 0. The average Bonchev–Trinajstić information content (AvgIpc) is 1.98. The molecule has 1 nitrogen and oxygen atoms in total. The maximum atomic E-state index is 9.29. The van der Waals surface area contributed by atoms with E-state index in [0.29, 0.717) is 10.5 Å². The van der Waals surface area contributed by atoms with Gasteiger partial charge in [0.1, 0.15) is 21.7 Å². The highest BCUT2D eigenvalue weighted by Crippen LogP contribution is 2.25. The fraction of sp³-hybridized carbons (Fsp3) is 1.00. The van der Waals surface area contributed by atoms with Crippen molar-refractivity contribution in [2.24, 2.45) is 0 Å². The molecule has 1 N–H and O–H groups in total. The van der Waals surface area contributed by atoms with E-state index < -0.39 is 0 Å². The largest absolute Gasteiger partial charge is 0.187 e. The summed E-state index contributed by atoms with van der Waals surface area (Å²) in [5, 5.41) is 1.15. The van der Waals surface area contributed by atoms with Crippen LogP contribution >= 0.6 is 0 Å². The van der Waals surface area contributed by atoms with Crippen molar-refractivity contribution in [3.63, 3.8) is 0 Å². The van der Waals surface area contributed by atoms with Crippen LogP contribution in [0.2, 0.25) is 0 Å². The van der Waals surface area contributed by atoms with Crippen LogP contribution in [0, 0.1) is 0 Å². The summed E-state index contributed by atoms with van der Waals surface area (Å²) >= 11 is -0.262. The van der Waals surface area contributed by atoms with E-state index in [-0.39, 0.29) is 11.2 Å². The second kappa shape index (κ2) is 2.28. The Hall–Kier alpha value is 0.310. The third kappa shape index (κ3) is 1.00. The molecular formula is C6H13OS+. The molecule has 1 fully saturated rings. The molecule has 0 bridgehead atoms. The fourth-order valence-corrected chi connectivity index (χ4v) is 2.66. The predicted molar refractivity (Wildman–Crippen MR) is 38.2 cm³/mol. The van der Waals surface area contributed by atoms with Gasteiger partial charge in [-0.15, -0.1) is 0 Å². The summed E-state index contributed by atoms with van der Waals surface area (Å²) in [5.74, 6) is 0. The summed E-state index contributed by atoms with van der Waals surface area (Å²) in [6.07, 6.45) is 2.45. The van der Waals surface area contributed by atoms with Gasteiger partial charge in [0, 0.05) is 12.8 Å². The lowest BCUT2D eigenvalue weighted by atomic mass is 10.2. The van der Waals surface area contributed by atoms with Gasteiger partial charge in [0.05, 0.1) is 0 Å². The highest BCUT2D eigenvalue weighted by Gasteiger charge is 2.38. The van der Waals surface area contributed by atoms with Gasteiger partial charge in [-0.3, -0.25) is 0 Å². The quantitative estimate of drug-likeness (QED) is 0.498. The third-order valence-corrected chi connectivity index (χ3v) is 3.92. The molecule has 0 unspecified atom stereocenters. The lowest BCUT2D eigenvalue weighted by Crippen LogP contribution is -2.17. The molecule has 0 saturated carbocycles. The van der Waals surface area contributed by atoms with Gasteiger partial charge < -0.3 is 0 Å². The van der Waals surface area contributed by atoms with E-state index >= 15 is 0 Å². The zero-order valence-corrected chi connectivity index (χ0v) is 6.24. The van der Waals surface area contributed by atoms with Crippen LogP contribution in [0.1, 0.15) is 26.7 Å². The summed E-state index contributed by atoms with van der Waals surface area (Å²) in [6.45, 7) is 4.26. The maximum absolute atomic E-state index is 9.29. The first-order valence-electron chi connectivity index (χ1n) is 3.13. The van der Waals surface area contributed by atoms with Crippen molar-refractivity contribution in [3.05, 3.63) is 0 Å². The molecule has 0 aromatic rings. The van der Waals surface area contributed by atoms with Gasteiger partial charge in [0.25, 0.3) is 0 Å². The summed E-state index contributed by atoms with van der Waals surface area (Å²) in [5.41, 5.74) is 0. The molecular weight excluding hydrogens is 120 g/mol. The third-order valence-electron chi connectivity index (χ3n) is 1.80. The van der Waals surface area contributed by atoms with Crippen LogP contribution in [0.25, 0.3) is 0 Å². The Kier molecular flexibility index (Phi) is 1.83. The van der Waals surface area contributed by atoms with E-state index in [1.165, 1.54) is 12.8 Å². The summed E-state index contributed by atoms with van der Waals surface area (Å²) < 4.78 is 9.29. The number of rotatable bonds is 0. The lowest BCUT2D eigenvalue weighted by Gasteiger charge is -1.97. The Morgan fingerprint density at radius 3 is 1.75 bits per heavy atom. The van der Waals surface area contributed by atoms with Gasteiger partial charge in [0.2, 0.25) is 0 Å². The van der Waals surface area contributed by atoms with E-state index in [1.807, 2.05) is 0 Å². The van der Waals surface area contributed by atoms with Crippen molar-refractivity contribution >= 4 is 11.2 Å². The molecule has 2 heteroatoms. The Morgan fingerprint density at radius 2 is 1.62 bits per heavy atom. The first-order chi connectivity index (χ1) is 3.72. The van der Waals surface area contributed by atoms with E-state index in [0.717, 1.165) is 0 Å². The van der Waals surface area contributed by atoms with Gasteiger partial charge in [-0.2, -0.15) is 4.55 Å². The molecule has 1 aliphatic heterocycles. The molecule has 8 heavy (non-hydrogen) atoms. The molecule has 1 rings (SSSR count). The lowest BCUT2D eigenvalue weighted by molar-refractivity contribution is 0.628. The van der Waals surface area contributed by atoms with E-state index in [4.69, 9.17) is 0 Å². The molecule has 48 valence electrons. The molecule has 0 aliphatic carbocycles. The van der Waals surface area contributed by atoms with Crippen molar-refractivity contribution in [1.82, 2.24) is 0 Å². The Morgan fingerprint density at radius 1 is 1.25 bits per heavy atom. The standard InChI is InChI=1S/C6H13OS/c1-5-3-4-6(2)8(5)7/h5-7H,3-4H2,1-2H3/q+1/t5-,6-/m1/s1. The van der Waals surface area contributed by atoms with Gasteiger partial charge in [-0.05, 0) is 13.8 Å². The zero-order chi connectivity index (χ0) is 6.15. The van der Waals surface area contributed by atoms with Gasteiger partial charge in [-0.25, -0.2) is 0 Å². The second-order valence-corrected chi connectivity index (χ2v) is 4.85. The highest BCUT2D eigenvalue weighted by atomic mass is 32.2. The van der Waals surface area contributed by atoms with Gasteiger partial charge in [-0.1, -0.05) is 0 Å². The van der Waals surface area contributed by atoms with Gasteiger partial charge in [0.15, 0.2) is 0 Å². The van der Waals surface area contributed by atoms with E-state index in [1.54, 1.807) is 0 Å². The van der Waals surface area contributed by atoms with Gasteiger partial charge >= 0.3 is 0 Å². The molecule has 2 atom stereocenters. The predicted octanol–water partition coefficient (Wildman–Crippen LogP) is 1.65. The highest BCUT2D eigenvalue weighted by molar-refractivity contribution is 7.92. The second-order valence-electron chi connectivity index (χ2n) is 2.55. The van der Waals surface area contributed by atoms with Crippen molar-refractivity contribution in [3.8, 4) is 0 Å². The topological polar surface area (TPSA) is 20.2 Å². The van der Waals surface area contributed by atoms with Crippen LogP contribution in [-0.2, 0) is 11.2 Å². The first kappa shape index (κ1) is 6.43. The van der Waals surface area contributed by atoms with Crippen LogP contribution < -0.4 is 0 Å². The van der Waals surface area contributed by atoms with Crippen LogP contribution in [0.15, 0.2) is 0 Å². The molecule has 0 amide bonds. The minimum Gasteiger partial charge on any atom is -0.187 e. The first-order valence-corrected chi connectivity index (χ1v) is 4.43. The molecule has 0 aromatic heterocycles. The number of hydrogen-bond acceptors (Lipinski definition) is 1. The molecule has 0 radical (unpaired) electrons. The van der Waals surface area contributed by atoms with Crippen molar-refractivity contribution in [2.45, 2.75) is 37.2 Å². The van der Waals surface area contributed by atoms with Crippen LogP contribution in [0.5, 0.6) is 0 Å². The molecule has 1 heterocycles. The van der Waals surface area contributed by atoms with Crippen LogP contribution in [0.4, 0.5) is 0 Å². The van der Waals surface area contributed by atoms with Crippen molar-refractivity contribution in [1.29, 1.82) is 0 Å². The maximum Gasteiger partial charge on any atom is 0.149 e. The van der Waals surface area contributed by atoms with Crippen molar-refractivity contribution < 1.29 is 4.55 Å². The smallest absolute Gasteiger partial charge is 0.149 e. The van der Waals surface area contributed by atoms with E-state index in [2.05, 4.69) is 13.8 Å².